The van der Waals surface area contributed by atoms with E-state index < -0.39 is 28.6 Å². The molecule has 2 aliphatic rings. The Morgan fingerprint density at radius 2 is 1.58 bits per heavy atom. The van der Waals surface area contributed by atoms with Crippen LogP contribution in [0.3, 0.4) is 0 Å². The molecule has 2 aromatic rings. The van der Waals surface area contributed by atoms with E-state index in [1.807, 2.05) is 0 Å². The monoisotopic (exact) mass is 480 g/mol. The fraction of sp³-hybridized carbons (Fsp3) is 0.0476. The maximum Gasteiger partial charge on any atom is 0.337 e. The molecule has 1 heterocycles. The predicted molar refractivity (Wildman–Crippen MR) is 116 cm³/mol. The van der Waals surface area contributed by atoms with E-state index in [1.165, 1.54) is 25.1 Å². The van der Waals surface area contributed by atoms with Crippen LogP contribution in [0.25, 0.3) is 33.4 Å². The zero-order valence-corrected chi connectivity index (χ0v) is 17.7. The number of carbonyl (C=O) groups is 1. The van der Waals surface area contributed by atoms with Gasteiger partial charge in [-0.1, -0.05) is 34.8 Å². The first-order valence-electron chi connectivity index (χ1n) is 8.60. The number of aromatic hydroxyl groups is 3. The fourth-order valence-electron chi connectivity index (χ4n) is 3.52. The molecule has 0 fully saturated rings. The third-order valence-corrected chi connectivity index (χ3v) is 6.39. The van der Waals surface area contributed by atoms with E-state index in [0.717, 1.165) is 6.07 Å². The highest BCUT2D eigenvalue weighted by molar-refractivity contribution is 6.50. The van der Waals surface area contributed by atoms with Crippen molar-refractivity contribution in [1.29, 1.82) is 0 Å². The molecule has 0 unspecified atom stereocenters. The van der Waals surface area contributed by atoms with Crippen molar-refractivity contribution in [2.45, 2.75) is 6.92 Å². The first-order valence-corrected chi connectivity index (χ1v) is 9.73. The molecule has 4 rings (SSSR count). The number of halogens is 3. The third kappa shape index (κ3) is 2.96. The van der Waals surface area contributed by atoms with Gasteiger partial charge in [0.25, 0.3) is 0 Å². The van der Waals surface area contributed by atoms with Gasteiger partial charge < -0.3 is 24.8 Å². The van der Waals surface area contributed by atoms with Crippen molar-refractivity contribution in [3.8, 4) is 39.7 Å². The first kappa shape index (κ1) is 21.1. The number of carboxylic acids is 1. The minimum atomic E-state index is -1.41. The lowest BCUT2D eigenvalue weighted by atomic mass is 9.87. The van der Waals surface area contributed by atoms with Gasteiger partial charge in [-0.25, -0.2) is 4.79 Å². The molecule has 4 N–H and O–H groups in total. The van der Waals surface area contributed by atoms with Crippen LogP contribution in [-0.2, 0) is 0 Å². The van der Waals surface area contributed by atoms with Crippen LogP contribution in [0, 0.1) is 6.92 Å². The van der Waals surface area contributed by atoms with Gasteiger partial charge in [-0.2, -0.15) is 0 Å². The minimum Gasteiger partial charge on any atom is -0.504 e. The minimum absolute atomic E-state index is 0.00132. The standard InChI is InChI=1S/C21H11Cl3O7/c1-6-11(13(21(29)30)15(23)16(24)14(6)22)12-7-2-4-9(25)17(27)19(7)31-20-8(12)3-5-10(26)18(20)28/h2-5,25,27-28H,1H3,(H,29,30). The lowest BCUT2D eigenvalue weighted by Crippen LogP contribution is -2.07. The molecule has 1 aliphatic heterocycles. The number of hydrogen-bond acceptors (Lipinski definition) is 6. The quantitative estimate of drug-likeness (QED) is 0.165. The number of phenolic OH excluding ortho intramolecular Hbond substituents is 3. The van der Waals surface area contributed by atoms with Crippen molar-refractivity contribution in [1.82, 2.24) is 0 Å². The highest BCUT2D eigenvalue weighted by Crippen LogP contribution is 2.51. The summed E-state index contributed by atoms with van der Waals surface area (Å²) in [5, 5.41) is 40.2. The smallest absolute Gasteiger partial charge is 0.337 e. The number of benzene rings is 3. The number of hydrogen-bond donors (Lipinski definition) is 4. The Bertz CT molecular complexity index is 1460. The van der Waals surface area contributed by atoms with Gasteiger partial charge in [0.1, 0.15) is 0 Å². The van der Waals surface area contributed by atoms with E-state index in [4.69, 9.17) is 39.2 Å². The molecule has 0 saturated heterocycles. The van der Waals surface area contributed by atoms with Crippen molar-refractivity contribution in [2.24, 2.45) is 0 Å². The van der Waals surface area contributed by atoms with Gasteiger partial charge in [0.15, 0.2) is 17.1 Å². The summed E-state index contributed by atoms with van der Waals surface area (Å²) in [5.41, 5.74) is -0.834. The summed E-state index contributed by atoms with van der Waals surface area (Å²) in [6.07, 6.45) is 0. The van der Waals surface area contributed by atoms with Crippen molar-refractivity contribution < 1.29 is 29.6 Å². The fourth-order valence-corrected chi connectivity index (χ4v) is 4.27. The Labute approximate surface area is 188 Å². The van der Waals surface area contributed by atoms with Crippen LogP contribution in [0.15, 0.2) is 33.5 Å². The van der Waals surface area contributed by atoms with Gasteiger partial charge in [0.2, 0.25) is 16.9 Å². The van der Waals surface area contributed by atoms with Crippen molar-refractivity contribution in [3.63, 3.8) is 0 Å². The average Bonchev–Trinajstić information content (AvgIpc) is 2.73. The second-order valence-electron chi connectivity index (χ2n) is 6.70. The SMILES string of the molecule is Cc1c(Cl)c(Cl)c(Cl)c(C(=O)O)c1-c1c2ccc(=O)c(O)c-2oc2c(O)c(O)ccc12. The summed E-state index contributed by atoms with van der Waals surface area (Å²) >= 11 is 18.7. The van der Waals surface area contributed by atoms with Crippen LogP contribution in [0.4, 0.5) is 0 Å². The Balaban J connectivity index is 2.37. The molecule has 0 atom stereocenters. The largest absolute Gasteiger partial charge is 0.504 e. The summed E-state index contributed by atoms with van der Waals surface area (Å²) in [6, 6.07) is 4.98. The van der Waals surface area contributed by atoms with Crippen molar-refractivity contribution in [2.75, 3.05) is 0 Å². The third-order valence-electron chi connectivity index (χ3n) is 4.97. The van der Waals surface area contributed by atoms with Crippen LogP contribution in [0.1, 0.15) is 15.9 Å². The zero-order valence-electron chi connectivity index (χ0n) is 15.5. The van der Waals surface area contributed by atoms with Gasteiger partial charge in [0, 0.05) is 22.1 Å². The molecule has 1 aliphatic carbocycles. The van der Waals surface area contributed by atoms with E-state index >= 15 is 0 Å². The average molecular weight is 482 g/mol. The predicted octanol–water partition coefficient (Wildman–Crippen LogP) is 5.65. The maximum absolute atomic E-state index is 12.1. The van der Waals surface area contributed by atoms with E-state index in [2.05, 4.69) is 0 Å². The Morgan fingerprint density at radius 3 is 2.23 bits per heavy atom. The molecule has 0 spiro atoms. The number of aromatic carboxylic acids is 1. The summed E-state index contributed by atoms with van der Waals surface area (Å²) < 4.78 is 5.56. The van der Waals surface area contributed by atoms with Gasteiger partial charge in [0.05, 0.1) is 20.6 Å². The lowest BCUT2D eigenvalue weighted by molar-refractivity contribution is 0.0698. The molecule has 7 nitrogen and oxygen atoms in total. The maximum atomic E-state index is 12.1. The Morgan fingerprint density at radius 1 is 0.903 bits per heavy atom. The molecule has 0 amide bonds. The van der Waals surface area contributed by atoms with E-state index in [9.17, 15) is 30.0 Å². The van der Waals surface area contributed by atoms with Crippen LogP contribution in [-0.4, -0.2) is 26.4 Å². The van der Waals surface area contributed by atoms with Crippen molar-refractivity contribution in [3.05, 3.63) is 60.7 Å². The summed E-state index contributed by atoms with van der Waals surface area (Å²) in [6.45, 7) is 1.52. The van der Waals surface area contributed by atoms with Crippen LogP contribution in [0.5, 0.6) is 17.2 Å². The molecule has 0 radical (unpaired) electrons. The molecule has 10 heteroatoms. The van der Waals surface area contributed by atoms with E-state index in [0.29, 0.717) is 0 Å². The van der Waals surface area contributed by atoms with Gasteiger partial charge in [-0.15, -0.1) is 0 Å². The molecule has 0 bridgehead atoms. The van der Waals surface area contributed by atoms with Gasteiger partial charge >= 0.3 is 5.97 Å². The number of carboxylic acid groups (broad SMARTS) is 1. The van der Waals surface area contributed by atoms with E-state index in [1.54, 1.807) is 0 Å². The molecule has 0 aromatic heterocycles. The molecule has 31 heavy (non-hydrogen) atoms. The molecular weight excluding hydrogens is 471 g/mol. The van der Waals surface area contributed by atoms with Crippen LogP contribution in [0.2, 0.25) is 15.1 Å². The highest BCUT2D eigenvalue weighted by Gasteiger charge is 2.31. The summed E-state index contributed by atoms with van der Waals surface area (Å²) in [4.78, 5) is 24.1. The van der Waals surface area contributed by atoms with E-state index in [-0.39, 0.29) is 59.6 Å². The Hall–Kier alpha value is -3.13. The Kier molecular flexibility index (Phi) is 4.93. The van der Waals surface area contributed by atoms with Crippen LogP contribution >= 0.6 is 34.8 Å². The van der Waals surface area contributed by atoms with Crippen molar-refractivity contribution >= 4 is 51.7 Å². The van der Waals surface area contributed by atoms with Gasteiger partial charge in [-0.05, 0) is 36.8 Å². The lowest BCUT2D eigenvalue weighted by Gasteiger charge is -2.21. The zero-order chi connectivity index (χ0) is 22.8. The molecule has 158 valence electrons. The first-order chi connectivity index (χ1) is 14.6. The summed E-state index contributed by atoms with van der Waals surface area (Å²) in [5.74, 6) is -3.69. The topological polar surface area (TPSA) is 128 Å². The number of phenols is 3. The highest BCUT2D eigenvalue weighted by atomic mass is 35.5. The second kappa shape index (κ2) is 7.23. The van der Waals surface area contributed by atoms with Crippen LogP contribution < -0.4 is 5.43 Å². The number of fused-ring (bicyclic) bond motifs is 2. The normalized spacial score (nSPS) is 11.4. The molecular formula is C21H11Cl3O7. The second-order valence-corrected chi connectivity index (χ2v) is 7.83. The van der Waals surface area contributed by atoms with Gasteiger partial charge in [-0.3, -0.25) is 4.79 Å². The molecule has 2 aromatic carbocycles. The molecule has 0 saturated carbocycles. The number of rotatable bonds is 2. The summed E-state index contributed by atoms with van der Waals surface area (Å²) in [7, 11) is 0.